The Balaban J connectivity index is 1.44. The van der Waals surface area contributed by atoms with Gasteiger partial charge in [-0.15, -0.1) is 0 Å². The van der Waals surface area contributed by atoms with Gasteiger partial charge in [-0.05, 0) is 36.4 Å². The highest BCUT2D eigenvalue weighted by molar-refractivity contribution is 6.35. The van der Waals surface area contributed by atoms with Crippen LogP contribution in [0.3, 0.4) is 0 Å². The largest absolute Gasteiger partial charge is 0.455 e. The number of nitrogens with one attached hydrogen (secondary N) is 2. The van der Waals surface area contributed by atoms with Crippen molar-refractivity contribution in [3.8, 4) is 11.5 Å². The number of hydrogen-bond donors (Lipinski definition) is 3. The third-order valence-corrected chi connectivity index (χ3v) is 5.47. The topological polar surface area (TPSA) is 107 Å². The fourth-order valence-corrected chi connectivity index (χ4v) is 3.86. The van der Waals surface area contributed by atoms with E-state index >= 15 is 0 Å². The number of nitrogens with two attached hydrogens (primary N) is 1. The number of aromatic amines is 1. The molecule has 0 amide bonds. The van der Waals surface area contributed by atoms with Gasteiger partial charge in [0, 0.05) is 25.0 Å². The van der Waals surface area contributed by atoms with Crippen molar-refractivity contribution in [2.24, 2.45) is 5.73 Å². The number of ether oxygens (including phenoxy) is 1. The smallest absolute Gasteiger partial charge is 0.158 e. The molecular weight excluding hydrogens is 437 g/mol. The number of benzene rings is 2. The van der Waals surface area contributed by atoms with Gasteiger partial charge in [0.1, 0.15) is 23.3 Å². The summed E-state index contributed by atoms with van der Waals surface area (Å²) >= 11 is 12.7. The van der Waals surface area contributed by atoms with E-state index in [0.29, 0.717) is 46.0 Å². The van der Waals surface area contributed by atoms with E-state index < -0.39 is 0 Å². The minimum atomic E-state index is 0.444. The van der Waals surface area contributed by atoms with Crippen molar-refractivity contribution < 1.29 is 4.74 Å². The lowest BCUT2D eigenvalue weighted by Crippen LogP contribution is -2.10. The molecule has 156 valence electrons. The first-order valence-electron chi connectivity index (χ1n) is 9.50. The monoisotopic (exact) mass is 453 g/mol. The van der Waals surface area contributed by atoms with Gasteiger partial charge in [-0.25, -0.2) is 9.97 Å². The van der Waals surface area contributed by atoms with Crippen LogP contribution in [0.15, 0.2) is 55.1 Å². The first-order valence-corrected chi connectivity index (χ1v) is 10.3. The molecule has 0 aliphatic carbocycles. The minimum Gasteiger partial charge on any atom is -0.455 e. The van der Waals surface area contributed by atoms with Crippen LogP contribution in [-0.2, 0) is 6.54 Å². The van der Waals surface area contributed by atoms with Crippen LogP contribution in [0.5, 0.6) is 11.5 Å². The van der Waals surface area contributed by atoms with Crippen molar-refractivity contribution in [3.63, 3.8) is 0 Å². The Morgan fingerprint density at radius 2 is 1.94 bits per heavy atom. The highest BCUT2D eigenvalue weighted by Crippen LogP contribution is 2.37. The lowest BCUT2D eigenvalue weighted by molar-refractivity contribution is 0.488. The second kappa shape index (κ2) is 8.07. The van der Waals surface area contributed by atoms with Gasteiger partial charge in [0.25, 0.3) is 0 Å². The highest BCUT2D eigenvalue weighted by atomic mass is 35.5. The minimum absolute atomic E-state index is 0.444. The molecular formula is C21H17Cl2N7O. The van der Waals surface area contributed by atoms with E-state index in [9.17, 15) is 0 Å². The Morgan fingerprint density at radius 3 is 2.77 bits per heavy atom. The number of rotatable bonds is 6. The van der Waals surface area contributed by atoms with Gasteiger partial charge in [-0.1, -0.05) is 23.2 Å². The number of anilines is 2. The summed E-state index contributed by atoms with van der Waals surface area (Å²) in [6, 6.07) is 10.9. The van der Waals surface area contributed by atoms with Gasteiger partial charge in [-0.2, -0.15) is 5.10 Å². The van der Waals surface area contributed by atoms with E-state index in [4.69, 9.17) is 33.7 Å². The maximum Gasteiger partial charge on any atom is 0.158 e. The molecule has 8 nitrogen and oxygen atoms in total. The van der Waals surface area contributed by atoms with Crippen LogP contribution in [0.4, 0.5) is 11.5 Å². The maximum absolute atomic E-state index is 6.51. The molecule has 0 spiro atoms. The molecule has 5 rings (SSSR count). The van der Waals surface area contributed by atoms with Crippen LogP contribution in [0, 0.1) is 0 Å². The molecule has 5 aromatic rings. The molecule has 0 atom stereocenters. The third kappa shape index (κ3) is 3.65. The number of hydrogen-bond acceptors (Lipinski definition) is 6. The standard InChI is InChI=1S/C21H17Cl2N7O/c22-14-2-4-17(13-10-27-29-19(13)14)31-18-3-1-12(9-15(18)23)28-21-20-16(25-11-26-21)5-7-30(20)8-6-24/h1-5,7,9-11H,6,8,24H2,(H,27,29)(H,25,26,28). The summed E-state index contributed by atoms with van der Waals surface area (Å²) in [4.78, 5) is 8.71. The van der Waals surface area contributed by atoms with Crippen LogP contribution in [0.2, 0.25) is 10.0 Å². The number of halogens is 2. The predicted molar refractivity (Wildman–Crippen MR) is 122 cm³/mol. The average molecular weight is 454 g/mol. The SMILES string of the molecule is NCCn1ccc2ncnc(Nc3ccc(Oc4ccc(Cl)c5[nH]ncc45)c(Cl)c3)c21. The van der Waals surface area contributed by atoms with Crippen molar-refractivity contribution in [2.75, 3.05) is 11.9 Å². The molecule has 0 aliphatic rings. The number of fused-ring (bicyclic) bond motifs is 2. The summed E-state index contributed by atoms with van der Waals surface area (Å²) < 4.78 is 8.05. The molecule has 0 radical (unpaired) electrons. The van der Waals surface area contributed by atoms with Crippen molar-refractivity contribution in [3.05, 3.63) is 65.2 Å². The van der Waals surface area contributed by atoms with Gasteiger partial charge >= 0.3 is 0 Å². The van der Waals surface area contributed by atoms with E-state index in [2.05, 4.69) is 25.5 Å². The van der Waals surface area contributed by atoms with E-state index in [1.165, 1.54) is 6.33 Å². The molecule has 0 fully saturated rings. The molecule has 3 heterocycles. The molecule has 0 bridgehead atoms. The quantitative estimate of drug-likeness (QED) is 0.329. The summed E-state index contributed by atoms with van der Waals surface area (Å²) in [5.41, 5.74) is 8.92. The van der Waals surface area contributed by atoms with Gasteiger partial charge in [-0.3, -0.25) is 5.10 Å². The molecule has 3 aromatic heterocycles. The molecule has 0 unspecified atom stereocenters. The number of nitrogens with zero attached hydrogens (tertiary/aromatic N) is 4. The zero-order valence-corrected chi connectivity index (χ0v) is 17.7. The first-order chi connectivity index (χ1) is 15.1. The normalized spacial score (nSPS) is 11.3. The van der Waals surface area contributed by atoms with Crippen molar-refractivity contribution in [2.45, 2.75) is 6.54 Å². The van der Waals surface area contributed by atoms with E-state index in [-0.39, 0.29) is 0 Å². The molecule has 2 aromatic carbocycles. The second-order valence-corrected chi connectivity index (χ2v) is 7.64. The average Bonchev–Trinajstić information content (AvgIpc) is 3.41. The van der Waals surface area contributed by atoms with Gasteiger partial charge in [0.2, 0.25) is 0 Å². The Kier molecular flexibility index (Phi) is 5.11. The molecule has 0 saturated carbocycles. The maximum atomic E-state index is 6.51. The lowest BCUT2D eigenvalue weighted by Gasteiger charge is -2.13. The van der Waals surface area contributed by atoms with E-state index in [0.717, 1.165) is 22.1 Å². The zero-order chi connectivity index (χ0) is 21.4. The summed E-state index contributed by atoms with van der Waals surface area (Å²) in [5, 5.41) is 12.0. The number of H-pyrrole nitrogens is 1. The van der Waals surface area contributed by atoms with Crippen LogP contribution in [-0.4, -0.2) is 31.3 Å². The molecule has 31 heavy (non-hydrogen) atoms. The Morgan fingerprint density at radius 1 is 1.06 bits per heavy atom. The van der Waals surface area contributed by atoms with Gasteiger partial charge in [0.15, 0.2) is 5.82 Å². The zero-order valence-electron chi connectivity index (χ0n) is 16.1. The predicted octanol–water partition coefficient (Wildman–Crippen LogP) is 5.11. The van der Waals surface area contributed by atoms with Crippen molar-refractivity contribution in [1.29, 1.82) is 0 Å². The Hall–Kier alpha value is -3.33. The fourth-order valence-electron chi connectivity index (χ4n) is 3.43. The first kappa shape index (κ1) is 19.6. The molecule has 0 saturated heterocycles. The Bertz CT molecular complexity index is 1400. The van der Waals surface area contributed by atoms with Crippen LogP contribution in [0.1, 0.15) is 0 Å². The molecule has 4 N–H and O–H groups in total. The van der Waals surface area contributed by atoms with Crippen LogP contribution in [0.25, 0.3) is 21.9 Å². The van der Waals surface area contributed by atoms with Crippen molar-refractivity contribution in [1.82, 2.24) is 24.7 Å². The summed E-state index contributed by atoms with van der Waals surface area (Å²) in [5.74, 6) is 1.79. The van der Waals surface area contributed by atoms with Gasteiger partial charge in [0.05, 0.1) is 32.7 Å². The van der Waals surface area contributed by atoms with Crippen LogP contribution < -0.4 is 15.8 Å². The number of aromatic nitrogens is 5. The summed E-state index contributed by atoms with van der Waals surface area (Å²) in [6.45, 7) is 1.19. The van der Waals surface area contributed by atoms with Crippen LogP contribution >= 0.6 is 23.2 Å². The van der Waals surface area contributed by atoms with E-state index in [1.54, 1.807) is 30.5 Å². The molecule has 10 heteroatoms. The fraction of sp³-hybridized carbons (Fsp3) is 0.0952. The van der Waals surface area contributed by atoms with Gasteiger partial charge < -0.3 is 20.4 Å². The summed E-state index contributed by atoms with van der Waals surface area (Å²) in [6.07, 6.45) is 5.13. The summed E-state index contributed by atoms with van der Waals surface area (Å²) in [7, 11) is 0. The van der Waals surface area contributed by atoms with E-state index in [1.807, 2.05) is 22.9 Å². The lowest BCUT2D eigenvalue weighted by atomic mass is 10.2. The third-order valence-electron chi connectivity index (χ3n) is 4.86. The molecule has 0 aliphatic heterocycles. The second-order valence-electron chi connectivity index (χ2n) is 6.83. The Labute approximate surface area is 187 Å². The van der Waals surface area contributed by atoms with Crippen molar-refractivity contribution >= 4 is 56.6 Å². The highest BCUT2D eigenvalue weighted by Gasteiger charge is 2.13.